The van der Waals surface area contributed by atoms with Gasteiger partial charge < -0.3 is 9.64 Å². The van der Waals surface area contributed by atoms with Crippen LogP contribution in [0, 0.1) is 0 Å². The molecule has 1 aromatic rings. The number of piperazine rings is 1. The van der Waals surface area contributed by atoms with Gasteiger partial charge in [0, 0.05) is 52.0 Å². The number of carbonyl (C=O) groups excluding carboxylic acids is 1. The maximum absolute atomic E-state index is 13.0. The molecule has 8 nitrogen and oxygen atoms in total. The summed E-state index contributed by atoms with van der Waals surface area (Å²) >= 11 is 0. The first-order valence-corrected chi connectivity index (χ1v) is 11.1. The molecular weight excluding hydrogens is 380 g/mol. The molecule has 28 heavy (non-hydrogen) atoms. The van der Waals surface area contributed by atoms with E-state index < -0.39 is 10.2 Å². The van der Waals surface area contributed by atoms with Crippen LogP contribution in [0.4, 0.5) is 5.69 Å². The van der Waals surface area contributed by atoms with Crippen LogP contribution >= 0.6 is 0 Å². The summed E-state index contributed by atoms with van der Waals surface area (Å²) in [5.41, 5.74) is 0.851. The molecule has 0 bridgehead atoms. The minimum Gasteiger partial charge on any atom is -0.373 e. The maximum Gasteiger partial charge on any atom is 0.282 e. The molecule has 2 atom stereocenters. The van der Waals surface area contributed by atoms with Gasteiger partial charge in [-0.25, -0.2) is 0 Å². The SMILES string of the molecule is C[C@@H]1CN(S(=O)(=O)N2CCN(CC(=O)N(C)c3ccccc3)CC2)C[C@H](C)O1. The lowest BCUT2D eigenvalue weighted by molar-refractivity contribution is -0.119. The van der Waals surface area contributed by atoms with Crippen molar-refractivity contribution in [1.82, 2.24) is 13.5 Å². The van der Waals surface area contributed by atoms with Crippen molar-refractivity contribution in [3.8, 4) is 0 Å². The molecule has 0 aliphatic carbocycles. The summed E-state index contributed by atoms with van der Waals surface area (Å²) in [6, 6.07) is 9.50. The fraction of sp³-hybridized carbons (Fsp3) is 0.632. The molecule has 1 aromatic carbocycles. The zero-order valence-corrected chi connectivity index (χ0v) is 17.6. The monoisotopic (exact) mass is 410 g/mol. The lowest BCUT2D eigenvalue weighted by Gasteiger charge is -2.40. The molecule has 2 fully saturated rings. The van der Waals surface area contributed by atoms with Crippen molar-refractivity contribution < 1.29 is 17.9 Å². The van der Waals surface area contributed by atoms with Crippen molar-refractivity contribution >= 4 is 21.8 Å². The first kappa shape index (κ1) is 21.2. The van der Waals surface area contributed by atoms with Gasteiger partial charge in [0.1, 0.15) is 0 Å². The van der Waals surface area contributed by atoms with Gasteiger partial charge in [0.25, 0.3) is 10.2 Å². The fourth-order valence-electron chi connectivity index (χ4n) is 3.69. The molecule has 9 heteroatoms. The number of likely N-dealkylation sites (N-methyl/N-ethyl adjacent to an activating group) is 1. The van der Waals surface area contributed by atoms with E-state index in [1.165, 1.54) is 8.61 Å². The molecule has 0 unspecified atom stereocenters. The van der Waals surface area contributed by atoms with E-state index in [1.54, 1.807) is 11.9 Å². The van der Waals surface area contributed by atoms with E-state index in [-0.39, 0.29) is 24.7 Å². The van der Waals surface area contributed by atoms with Gasteiger partial charge in [0.05, 0.1) is 18.8 Å². The maximum atomic E-state index is 13.0. The molecule has 2 saturated heterocycles. The summed E-state index contributed by atoms with van der Waals surface area (Å²) in [7, 11) is -1.73. The molecule has 0 radical (unpaired) electrons. The summed E-state index contributed by atoms with van der Waals surface area (Å²) in [6.07, 6.45) is -0.211. The van der Waals surface area contributed by atoms with Gasteiger partial charge in [-0.2, -0.15) is 17.0 Å². The Morgan fingerprint density at radius 2 is 1.61 bits per heavy atom. The van der Waals surface area contributed by atoms with E-state index in [2.05, 4.69) is 0 Å². The van der Waals surface area contributed by atoms with Crippen molar-refractivity contribution in [1.29, 1.82) is 0 Å². The molecule has 2 aliphatic rings. The van der Waals surface area contributed by atoms with Crippen LogP contribution in [0.15, 0.2) is 30.3 Å². The second-order valence-corrected chi connectivity index (χ2v) is 9.47. The Morgan fingerprint density at radius 3 is 2.18 bits per heavy atom. The highest BCUT2D eigenvalue weighted by Crippen LogP contribution is 2.19. The van der Waals surface area contributed by atoms with Crippen LogP contribution in [0.5, 0.6) is 0 Å². The highest BCUT2D eigenvalue weighted by Gasteiger charge is 2.36. The Kier molecular flexibility index (Phi) is 6.72. The van der Waals surface area contributed by atoms with E-state index in [0.717, 1.165) is 5.69 Å². The number of ether oxygens (including phenoxy) is 1. The van der Waals surface area contributed by atoms with Crippen LogP contribution in [0.1, 0.15) is 13.8 Å². The average molecular weight is 411 g/mol. The molecule has 2 aliphatic heterocycles. The first-order valence-electron chi connectivity index (χ1n) is 9.72. The number of hydrogen-bond acceptors (Lipinski definition) is 5. The number of anilines is 1. The molecular formula is C19H30N4O4S. The molecule has 0 spiro atoms. The van der Waals surface area contributed by atoms with Gasteiger partial charge in [-0.05, 0) is 26.0 Å². The number of hydrogen-bond donors (Lipinski definition) is 0. The van der Waals surface area contributed by atoms with Gasteiger partial charge in [-0.1, -0.05) is 18.2 Å². The van der Waals surface area contributed by atoms with E-state index in [0.29, 0.717) is 39.3 Å². The lowest BCUT2D eigenvalue weighted by Crippen LogP contribution is -2.57. The highest BCUT2D eigenvalue weighted by atomic mass is 32.2. The normalized spacial score (nSPS) is 25.5. The number of benzene rings is 1. The minimum absolute atomic E-state index is 0.00154. The number of amides is 1. The van der Waals surface area contributed by atoms with Crippen LogP contribution in [0.25, 0.3) is 0 Å². The highest BCUT2D eigenvalue weighted by molar-refractivity contribution is 7.86. The van der Waals surface area contributed by atoms with Gasteiger partial charge in [-0.15, -0.1) is 0 Å². The number of nitrogens with zero attached hydrogens (tertiary/aromatic N) is 4. The zero-order chi connectivity index (χ0) is 20.3. The van der Waals surface area contributed by atoms with E-state index in [9.17, 15) is 13.2 Å². The van der Waals surface area contributed by atoms with Crippen molar-refractivity contribution in [3.63, 3.8) is 0 Å². The van der Waals surface area contributed by atoms with Gasteiger partial charge in [0.2, 0.25) is 5.91 Å². The standard InChI is InChI=1S/C19H30N4O4S/c1-16-13-23(14-17(2)27-16)28(25,26)22-11-9-21(10-12-22)15-19(24)20(3)18-7-5-4-6-8-18/h4-8,16-17H,9-15H2,1-3H3/t16-,17+. The lowest BCUT2D eigenvalue weighted by atomic mass is 10.3. The summed E-state index contributed by atoms with van der Waals surface area (Å²) in [4.78, 5) is 16.2. The third-order valence-electron chi connectivity index (χ3n) is 5.25. The Labute approximate surface area is 167 Å². The Bertz CT molecular complexity index is 755. The van der Waals surface area contributed by atoms with Crippen molar-refractivity contribution in [2.45, 2.75) is 26.1 Å². The van der Waals surface area contributed by atoms with Crippen LogP contribution in [-0.4, -0.2) is 92.9 Å². The van der Waals surface area contributed by atoms with E-state index in [1.807, 2.05) is 49.1 Å². The third kappa shape index (κ3) is 4.90. The van der Waals surface area contributed by atoms with Crippen LogP contribution in [0.2, 0.25) is 0 Å². The predicted octanol–water partition coefficient (Wildman–Crippen LogP) is 0.621. The largest absolute Gasteiger partial charge is 0.373 e. The Morgan fingerprint density at radius 1 is 1.04 bits per heavy atom. The van der Waals surface area contributed by atoms with Crippen LogP contribution < -0.4 is 4.90 Å². The number of carbonyl (C=O) groups is 1. The van der Waals surface area contributed by atoms with Gasteiger partial charge >= 0.3 is 0 Å². The summed E-state index contributed by atoms with van der Waals surface area (Å²) < 4.78 is 34.6. The summed E-state index contributed by atoms with van der Waals surface area (Å²) in [5, 5.41) is 0. The van der Waals surface area contributed by atoms with Gasteiger partial charge in [-0.3, -0.25) is 9.69 Å². The van der Waals surface area contributed by atoms with Crippen molar-refractivity contribution in [2.75, 3.05) is 57.8 Å². The second kappa shape index (κ2) is 8.87. The van der Waals surface area contributed by atoms with E-state index >= 15 is 0 Å². The predicted molar refractivity (Wildman–Crippen MR) is 108 cm³/mol. The van der Waals surface area contributed by atoms with Crippen LogP contribution in [0.3, 0.4) is 0 Å². The second-order valence-electron chi connectivity index (χ2n) is 7.55. The smallest absolute Gasteiger partial charge is 0.282 e. The fourth-order valence-corrected chi connectivity index (χ4v) is 5.44. The third-order valence-corrected chi connectivity index (χ3v) is 7.21. The molecule has 0 N–H and O–H groups in total. The van der Waals surface area contributed by atoms with Crippen molar-refractivity contribution in [3.05, 3.63) is 30.3 Å². The molecule has 156 valence electrons. The Balaban J connectivity index is 1.53. The van der Waals surface area contributed by atoms with E-state index in [4.69, 9.17) is 4.74 Å². The first-order chi connectivity index (χ1) is 13.3. The molecule has 0 aromatic heterocycles. The van der Waals surface area contributed by atoms with Crippen LogP contribution in [-0.2, 0) is 19.7 Å². The van der Waals surface area contributed by atoms with Gasteiger partial charge in [0.15, 0.2) is 0 Å². The minimum atomic E-state index is -3.50. The summed E-state index contributed by atoms with van der Waals surface area (Å²) in [5.74, 6) is -0.00154. The zero-order valence-electron chi connectivity index (χ0n) is 16.8. The summed E-state index contributed by atoms with van der Waals surface area (Å²) in [6.45, 7) is 6.71. The molecule has 3 rings (SSSR count). The molecule has 1 amide bonds. The molecule has 2 heterocycles. The number of para-hydroxylation sites is 1. The topological polar surface area (TPSA) is 73.4 Å². The quantitative estimate of drug-likeness (QED) is 0.712. The average Bonchev–Trinajstić information content (AvgIpc) is 2.67. The van der Waals surface area contributed by atoms with Crippen molar-refractivity contribution in [2.24, 2.45) is 0 Å². The number of morpholine rings is 1. The molecule has 0 saturated carbocycles. The number of rotatable bonds is 5. The Hall–Kier alpha value is -1.52.